The minimum Gasteiger partial charge on any atom is -0.340 e. The monoisotopic (exact) mass is 435 g/mol. The SMILES string of the molecule is CCn1nc(C)c(CN(C)C(=O)Cn2nc(C(F)(F)F)c(Br)c2C)c1C. The molecule has 0 fully saturated rings. The van der Waals surface area contributed by atoms with E-state index in [0.717, 1.165) is 28.2 Å². The van der Waals surface area contributed by atoms with Crippen LogP contribution in [0.25, 0.3) is 0 Å². The average molecular weight is 436 g/mol. The predicted octanol–water partition coefficient (Wildman–Crippen LogP) is 3.46. The summed E-state index contributed by atoms with van der Waals surface area (Å²) in [6, 6.07) is 0. The molecule has 0 saturated heterocycles. The molecule has 0 aliphatic carbocycles. The van der Waals surface area contributed by atoms with Gasteiger partial charge in [0, 0.05) is 31.4 Å². The van der Waals surface area contributed by atoms with Gasteiger partial charge < -0.3 is 4.90 Å². The molecule has 0 bridgehead atoms. The quantitative estimate of drug-likeness (QED) is 0.722. The van der Waals surface area contributed by atoms with Gasteiger partial charge in [0.1, 0.15) is 6.54 Å². The lowest BCUT2D eigenvalue weighted by atomic mass is 10.2. The Bertz CT molecular complexity index is 825. The third-order valence-electron chi connectivity index (χ3n) is 4.34. The number of aryl methyl sites for hydroxylation is 2. The second-order valence-electron chi connectivity index (χ2n) is 6.12. The number of alkyl halides is 3. The van der Waals surface area contributed by atoms with Crippen molar-refractivity contribution in [1.29, 1.82) is 0 Å². The molecule has 0 aliphatic heterocycles. The second kappa shape index (κ2) is 7.42. The van der Waals surface area contributed by atoms with Gasteiger partial charge in [0.15, 0.2) is 5.69 Å². The lowest BCUT2D eigenvalue weighted by Crippen LogP contribution is -2.31. The van der Waals surface area contributed by atoms with Crippen LogP contribution in [0.2, 0.25) is 0 Å². The summed E-state index contributed by atoms with van der Waals surface area (Å²) in [4.78, 5) is 14.0. The predicted molar refractivity (Wildman–Crippen MR) is 93.5 cm³/mol. The molecule has 2 heterocycles. The van der Waals surface area contributed by atoms with Gasteiger partial charge in [0.2, 0.25) is 5.91 Å². The largest absolute Gasteiger partial charge is 0.436 e. The molecule has 2 aromatic heterocycles. The molecule has 0 unspecified atom stereocenters. The highest BCUT2D eigenvalue weighted by molar-refractivity contribution is 9.10. The van der Waals surface area contributed by atoms with Gasteiger partial charge in [-0.2, -0.15) is 23.4 Å². The number of carbonyl (C=O) groups is 1. The summed E-state index contributed by atoms with van der Waals surface area (Å²) in [7, 11) is 1.61. The highest BCUT2D eigenvalue weighted by Gasteiger charge is 2.38. The zero-order valence-electron chi connectivity index (χ0n) is 15.3. The highest BCUT2D eigenvalue weighted by Crippen LogP contribution is 2.35. The number of carbonyl (C=O) groups excluding carboxylic acids is 1. The first-order valence-corrected chi connectivity index (χ1v) is 8.83. The maximum Gasteiger partial charge on any atom is 0.436 e. The Balaban J connectivity index is 2.17. The van der Waals surface area contributed by atoms with Crippen molar-refractivity contribution in [2.45, 2.75) is 53.5 Å². The first-order chi connectivity index (χ1) is 12.0. The Morgan fingerprint density at radius 2 is 1.77 bits per heavy atom. The van der Waals surface area contributed by atoms with Gasteiger partial charge in [-0.15, -0.1) is 0 Å². The summed E-state index contributed by atoms with van der Waals surface area (Å²) >= 11 is 2.91. The van der Waals surface area contributed by atoms with Crippen molar-refractivity contribution in [2.24, 2.45) is 0 Å². The van der Waals surface area contributed by atoms with Gasteiger partial charge in [-0.25, -0.2) is 0 Å². The number of hydrogen-bond acceptors (Lipinski definition) is 3. The number of aromatic nitrogens is 4. The average Bonchev–Trinajstić information content (AvgIpc) is 2.98. The number of halogens is 4. The van der Waals surface area contributed by atoms with E-state index in [0.29, 0.717) is 6.54 Å². The molecule has 0 aliphatic rings. The van der Waals surface area contributed by atoms with Crippen LogP contribution in [0.3, 0.4) is 0 Å². The van der Waals surface area contributed by atoms with E-state index < -0.39 is 11.9 Å². The third kappa shape index (κ3) is 3.94. The van der Waals surface area contributed by atoms with E-state index in [1.807, 2.05) is 25.5 Å². The van der Waals surface area contributed by atoms with E-state index in [2.05, 4.69) is 26.1 Å². The number of nitrogens with zero attached hydrogens (tertiary/aromatic N) is 5. The highest BCUT2D eigenvalue weighted by atomic mass is 79.9. The molecule has 26 heavy (non-hydrogen) atoms. The van der Waals surface area contributed by atoms with Crippen LogP contribution >= 0.6 is 15.9 Å². The van der Waals surface area contributed by atoms with Gasteiger partial charge in [-0.05, 0) is 43.6 Å². The van der Waals surface area contributed by atoms with E-state index in [4.69, 9.17) is 0 Å². The summed E-state index contributed by atoms with van der Waals surface area (Å²) in [5.41, 5.74) is 1.98. The Hall–Kier alpha value is -1.84. The second-order valence-corrected chi connectivity index (χ2v) is 6.91. The Morgan fingerprint density at radius 1 is 1.15 bits per heavy atom. The molecule has 144 valence electrons. The molecule has 0 radical (unpaired) electrons. The molecule has 0 saturated carbocycles. The van der Waals surface area contributed by atoms with Crippen LogP contribution in [0.1, 0.15) is 35.3 Å². The van der Waals surface area contributed by atoms with Crippen LogP contribution in [0, 0.1) is 20.8 Å². The van der Waals surface area contributed by atoms with Crippen LogP contribution < -0.4 is 0 Å². The molecule has 2 aromatic rings. The molecule has 0 atom stereocenters. The molecular weight excluding hydrogens is 415 g/mol. The van der Waals surface area contributed by atoms with Gasteiger partial charge in [-0.1, -0.05) is 0 Å². The molecule has 0 aromatic carbocycles. The molecular formula is C16H21BrF3N5O. The fourth-order valence-corrected chi connectivity index (χ4v) is 3.21. The normalized spacial score (nSPS) is 11.9. The van der Waals surface area contributed by atoms with Gasteiger partial charge in [0.25, 0.3) is 0 Å². The maximum absolute atomic E-state index is 12.9. The van der Waals surface area contributed by atoms with E-state index in [1.165, 1.54) is 11.8 Å². The molecule has 2 rings (SSSR count). The van der Waals surface area contributed by atoms with Crippen LogP contribution in [0.15, 0.2) is 4.47 Å². The fourth-order valence-electron chi connectivity index (χ4n) is 2.70. The van der Waals surface area contributed by atoms with Crippen molar-refractivity contribution in [2.75, 3.05) is 7.05 Å². The van der Waals surface area contributed by atoms with Crippen LogP contribution in [-0.2, 0) is 30.6 Å². The van der Waals surface area contributed by atoms with Gasteiger partial charge in [-0.3, -0.25) is 14.2 Å². The van der Waals surface area contributed by atoms with E-state index in [-0.39, 0.29) is 22.6 Å². The van der Waals surface area contributed by atoms with Crippen LogP contribution in [-0.4, -0.2) is 37.4 Å². The smallest absolute Gasteiger partial charge is 0.340 e. The van der Waals surface area contributed by atoms with Crippen molar-refractivity contribution in [1.82, 2.24) is 24.5 Å². The van der Waals surface area contributed by atoms with Crippen LogP contribution in [0.4, 0.5) is 13.2 Å². The van der Waals surface area contributed by atoms with Crippen molar-refractivity contribution in [3.63, 3.8) is 0 Å². The standard InChI is InChI=1S/C16H21BrF3N5O/c1-6-24-10(3)12(9(2)21-24)7-23(5)13(26)8-25-11(4)14(17)15(22-25)16(18,19)20/h6-8H2,1-5H3. The number of hydrogen-bond donors (Lipinski definition) is 0. The number of likely N-dealkylation sites (N-methyl/N-ethyl adjacent to an activating group) is 1. The Morgan fingerprint density at radius 3 is 2.23 bits per heavy atom. The summed E-state index contributed by atoms with van der Waals surface area (Å²) in [5, 5.41) is 7.95. The summed E-state index contributed by atoms with van der Waals surface area (Å²) in [6.45, 7) is 8.07. The van der Waals surface area contributed by atoms with Crippen molar-refractivity contribution in [3.8, 4) is 0 Å². The van der Waals surface area contributed by atoms with Crippen molar-refractivity contribution >= 4 is 21.8 Å². The molecule has 0 N–H and O–H groups in total. The van der Waals surface area contributed by atoms with Gasteiger partial charge in [0.05, 0.1) is 15.9 Å². The first kappa shape index (κ1) is 20.5. The Kier molecular flexibility index (Phi) is 5.84. The topological polar surface area (TPSA) is 56.0 Å². The van der Waals surface area contributed by atoms with E-state index in [9.17, 15) is 18.0 Å². The fraction of sp³-hybridized carbons (Fsp3) is 0.562. The zero-order chi connectivity index (χ0) is 19.8. The van der Waals surface area contributed by atoms with Crippen molar-refractivity contribution < 1.29 is 18.0 Å². The summed E-state index contributed by atoms with van der Waals surface area (Å²) in [5.74, 6) is -0.333. The first-order valence-electron chi connectivity index (χ1n) is 8.04. The lowest BCUT2D eigenvalue weighted by molar-refractivity contribution is -0.142. The summed E-state index contributed by atoms with van der Waals surface area (Å²) < 4.78 is 41.6. The number of amides is 1. The third-order valence-corrected chi connectivity index (χ3v) is 5.29. The maximum atomic E-state index is 12.9. The Labute approximate surface area is 158 Å². The molecule has 1 amide bonds. The minimum atomic E-state index is -4.58. The van der Waals surface area contributed by atoms with E-state index >= 15 is 0 Å². The zero-order valence-corrected chi connectivity index (χ0v) is 16.9. The number of rotatable bonds is 5. The van der Waals surface area contributed by atoms with Gasteiger partial charge >= 0.3 is 6.18 Å². The lowest BCUT2D eigenvalue weighted by Gasteiger charge is -2.18. The molecule has 0 spiro atoms. The van der Waals surface area contributed by atoms with Crippen molar-refractivity contribution in [3.05, 3.63) is 32.8 Å². The van der Waals surface area contributed by atoms with E-state index in [1.54, 1.807) is 7.05 Å². The molecule has 6 nitrogen and oxygen atoms in total. The molecule has 10 heteroatoms. The minimum absolute atomic E-state index is 0.142. The van der Waals surface area contributed by atoms with Crippen LogP contribution in [0.5, 0.6) is 0 Å². The summed E-state index contributed by atoms with van der Waals surface area (Å²) in [6.07, 6.45) is -4.58.